The maximum Gasteiger partial charge on any atom is 0.407 e. The average Bonchev–Trinajstić information content (AvgIpc) is 2.12. The minimum Gasteiger partial charge on any atom is -0.449 e. The zero-order valence-corrected chi connectivity index (χ0v) is 7.00. The molecule has 1 atom stereocenters. The molecule has 70 valence electrons. The van der Waals surface area contributed by atoms with Crippen molar-refractivity contribution in [2.75, 3.05) is 13.2 Å². The third-order valence-electron chi connectivity index (χ3n) is 1.57. The lowest BCUT2D eigenvalue weighted by atomic mass is 10.2. The molecule has 5 nitrogen and oxygen atoms in total. The number of terminal acetylenes is 1. The van der Waals surface area contributed by atoms with Crippen LogP contribution in [0.1, 0.15) is 6.42 Å². The first kappa shape index (κ1) is 9.39. The summed E-state index contributed by atoms with van der Waals surface area (Å²) in [4.78, 5) is 21.6. The Morgan fingerprint density at radius 2 is 2.62 bits per heavy atom. The molecule has 1 aliphatic heterocycles. The summed E-state index contributed by atoms with van der Waals surface area (Å²) in [6, 6.07) is -0.446. The van der Waals surface area contributed by atoms with Crippen molar-refractivity contribution in [3.05, 3.63) is 0 Å². The molecule has 1 heterocycles. The zero-order valence-electron chi connectivity index (χ0n) is 7.00. The van der Waals surface area contributed by atoms with E-state index in [2.05, 4.69) is 21.3 Å². The lowest BCUT2D eigenvalue weighted by Crippen LogP contribution is -2.61. The van der Waals surface area contributed by atoms with Gasteiger partial charge in [-0.2, -0.15) is 0 Å². The molecular weight excluding hydrogens is 172 g/mol. The summed E-state index contributed by atoms with van der Waals surface area (Å²) in [5.74, 6) is 2.14. The van der Waals surface area contributed by atoms with E-state index in [1.165, 1.54) is 0 Å². The Bertz CT molecular complexity index is 257. The Hall–Kier alpha value is -1.70. The van der Waals surface area contributed by atoms with Crippen molar-refractivity contribution in [3.8, 4) is 12.3 Å². The highest BCUT2D eigenvalue weighted by Crippen LogP contribution is 1.94. The number of carbonyl (C=O) groups excluding carboxylic acids is 2. The van der Waals surface area contributed by atoms with Crippen molar-refractivity contribution in [2.45, 2.75) is 12.5 Å². The van der Waals surface area contributed by atoms with Crippen LogP contribution in [0.3, 0.4) is 0 Å². The Morgan fingerprint density at radius 3 is 3.08 bits per heavy atom. The number of rotatable bonds is 3. The van der Waals surface area contributed by atoms with Crippen LogP contribution in [-0.4, -0.2) is 31.2 Å². The fraction of sp³-hybridized carbons (Fsp3) is 0.500. The van der Waals surface area contributed by atoms with Gasteiger partial charge in [-0.3, -0.25) is 4.79 Å². The number of alkyl carbamates (subject to hydrolysis) is 1. The van der Waals surface area contributed by atoms with Crippen LogP contribution in [0.4, 0.5) is 4.79 Å². The molecule has 0 aliphatic carbocycles. The first-order valence-corrected chi connectivity index (χ1v) is 3.88. The standard InChI is InChI=1S/C8H10N2O3/c1-2-3-4-13-8(12)10-6-5-9-7(6)11/h1,6H,3-5H2,(H,9,11)(H,10,12)/t6-/m0/s1. The number of hydrogen-bond acceptors (Lipinski definition) is 3. The number of β-lactam (4-membered cyclic amide) rings is 1. The first-order chi connectivity index (χ1) is 6.24. The van der Waals surface area contributed by atoms with Crippen molar-refractivity contribution >= 4 is 12.0 Å². The summed E-state index contributed by atoms with van der Waals surface area (Å²) in [6.45, 7) is 0.639. The third-order valence-corrected chi connectivity index (χ3v) is 1.57. The normalized spacial score (nSPS) is 19.3. The van der Waals surface area contributed by atoms with Gasteiger partial charge in [-0.15, -0.1) is 12.3 Å². The molecule has 1 rings (SSSR count). The fourth-order valence-corrected chi connectivity index (χ4v) is 0.791. The Morgan fingerprint density at radius 1 is 1.85 bits per heavy atom. The summed E-state index contributed by atoms with van der Waals surface area (Å²) >= 11 is 0. The second-order valence-corrected chi connectivity index (χ2v) is 2.53. The number of carbonyl (C=O) groups is 2. The van der Waals surface area contributed by atoms with E-state index in [0.717, 1.165) is 0 Å². The van der Waals surface area contributed by atoms with Gasteiger partial charge in [0.05, 0.1) is 0 Å². The first-order valence-electron chi connectivity index (χ1n) is 3.88. The molecule has 0 bridgehead atoms. The van der Waals surface area contributed by atoms with E-state index in [-0.39, 0.29) is 12.5 Å². The van der Waals surface area contributed by atoms with E-state index in [1.807, 2.05) is 0 Å². The summed E-state index contributed by atoms with van der Waals surface area (Å²) in [5.41, 5.74) is 0. The number of nitrogens with one attached hydrogen (secondary N) is 2. The van der Waals surface area contributed by atoms with Crippen LogP contribution in [-0.2, 0) is 9.53 Å². The highest BCUT2D eigenvalue weighted by atomic mass is 16.5. The van der Waals surface area contributed by atoms with Crippen molar-refractivity contribution in [1.82, 2.24) is 10.6 Å². The number of hydrogen-bond donors (Lipinski definition) is 2. The van der Waals surface area contributed by atoms with E-state index in [1.54, 1.807) is 0 Å². The average molecular weight is 182 g/mol. The van der Waals surface area contributed by atoms with Gasteiger partial charge in [0.25, 0.3) is 0 Å². The molecule has 1 saturated heterocycles. The fourth-order valence-electron chi connectivity index (χ4n) is 0.791. The Labute approximate surface area is 75.8 Å². The molecule has 2 amide bonds. The lowest BCUT2D eigenvalue weighted by molar-refractivity contribution is -0.128. The molecule has 0 spiro atoms. The molecule has 5 heteroatoms. The topological polar surface area (TPSA) is 67.4 Å². The van der Waals surface area contributed by atoms with E-state index in [4.69, 9.17) is 6.42 Å². The highest BCUT2D eigenvalue weighted by molar-refractivity contribution is 5.90. The van der Waals surface area contributed by atoms with Crippen LogP contribution in [0.25, 0.3) is 0 Å². The largest absolute Gasteiger partial charge is 0.449 e. The molecular formula is C8H10N2O3. The molecule has 13 heavy (non-hydrogen) atoms. The van der Waals surface area contributed by atoms with E-state index < -0.39 is 12.1 Å². The lowest BCUT2D eigenvalue weighted by Gasteiger charge is -2.25. The van der Waals surface area contributed by atoms with Crippen LogP contribution in [0.5, 0.6) is 0 Å². The molecule has 0 aromatic carbocycles. The number of amides is 2. The van der Waals surface area contributed by atoms with Gasteiger partial charge in [0.1, 0.15) is 12.6 Å². The number of ether oxygens (including phenoxy) is 1. The summed E-state index contributed by atoms with van der Waals surface area (Å²) in [5, 5.41) is 4.87. The van der Waals surface area contributed by atoms with Gasteiger partial charge in [-0.05, 0) is 0 Å². The molecule has 1 fully saturated rings. The van der Waals surface area contributed by atoms with Gasteiger partial charge in [-0.25, -0.2) is 4.79 Å². The van der Waals surface area contributed by atoms with Gasteiger partial charge in [0.15, 0.2) is 0 Å². The van der Waals surface area contributed by atoms with E-state index in [0.29, 0.717) is 13.0 Å². The third kappa shape index (κ3) is 2.67. The van der Waals surface area contributed by atoms with Gasteiger partial charge in [0.2, 0.25) is 5.91 Å². The second-order valence-electron chi connectivity index (χ2n) is 2.53. The molecule has 0 unspecified atom stereocenters. The van der Waals surface area contributed by atoms with Crippen molar-refractivity contribution in [2.24, 2.45) is 0 Å². The molecule has 0 aromatic rings. The predicted octanol–water partition coefficient (Wildman–Crippen LogP) is -0.766. The van der Waals surface area contributed by atoms with Gasteiger partial charge in [-0.1, -0.05) is 0 Å². The van der Waals surface area contributed by atoms with Gasteiger partial charge in [0, 0.05) is 13.0 Å². The molecule has 2 N–H and O–H groups in total. The SMILES string of the molecule is C#CCCOC(=O)N[C@H]1CNC1=O. The van der Waals surface area contributed by atoms with Crippen LogP contribution in [0, 0.1) is 12.3 Å². The molecule has 0 saturated carbocycles. The van der Waals surface area contributed by atoms with Gasteiger partial charge >= 0.3 is 6.09 Å². The van der Waals surface area contributed by atoms with E-state index >= 15 is 0 Å². The maximum atomic E-state index is 10.9. The van der Waals surface area contributed by atoms with Crippen LogP contribution < -0.4 is 10.6 Å². The minimum absolute atomic E-state index is 0.177. The van der Waals surface area contributed by atoms with Crippen molar-refractivity contribution in [1.29, 1.82) is 0 Å². The van der Waals surface area contributed by atoms with Gasteiger partial charge < -0.3 is 15.4 Å². The van der Waals surface area contributed by atoms with Crippen LogP contribution >= 0.6 is 0 Å². The Kier molecular flexibility index (Phi) is 3.15. The highest BCUT2D eigenvalue weighted by Gasteiger charge is 2.29. The molecule has 0 aromatic heterocycles. The summed E-state index contributed by atoms with van der Waals surface area (Å²) in [6.07, 6.45) is 4.73. The molecule has 1 aliphatic rings. The summed E-state index contributed by atoms with van der Waals surface area (Å²) < 4.78 is 4.66. The van der Waals surface area contributed by atoms with Crippen LogP contribution in [0.2, 0.25) is 0 Å². The Balaban J connectivity index is 2.11. The maximum absolute atomic E-state index is 10.9. The predicted molar refractivity (Wildman–Crippen MR) is 44.7 cm³/mol. The minimum atomic E-state index is -0.602. The van der Waals surface area contributed by atoms with E-state index in [9.17, 15) is 9.59 Å². The summed E-state index contributed by atoms with van der Waals surface area (Å²) in [7, 11) is 0. The van der Waals surface area contributed by atoms with Crippen LogP contribution in [0.15, 0.2) is 0 Å². The molecule has 0 radical (unpaired) electrons. The monoisotopic (exact) mass is 182 g/mol. The van der Waals surface area contributed by atoms with Crippen molar-refractivity contribution < 1.29 is 14.3 Å². The quantitative estimate of drug-likeness (QED) is 0.342. The second kappa shape index (κ2) is 4.36. The smallest absolute Gasteiger partial charge is 0.407 e. The van der Waals surface area contributed by atoms with Crippen molar-refractivity contribution in [3.63, 3.8) is 0 Å². The zero-order chi connectivity index (χ0) is 9.68.